The van der Waals surface area contributed by atoms with E-state index in [0.29, 0.717) is 6.54 Å². The van der Waals surface area contributed by atoms with Gasteiger partial charge in [0.1, 0.15) is 0 Å². The van der Waals surface area contributed by atoms with Gasteiger partial charge in [-0.2, -0.15) is 0 Å². The lowest BCUT2D eigenvalue weighted by atomic mass is 10.00. The van der Waals surface area contributed by atoms with E-state index in [4.69, 9.17) is 5.73 Å². The lowest BCUT2D eigenvalue weighted by molar-refractivity contribution is 0.0891. The molecule has 0 bridgehead atoms. The fourth-order valence-corrected chi connectivity index (χ4v) is 3.69. The van der Waals surface area contributed by atoms with E-state index >= 15 is 0 Å². The van der Waals surface area contributed by atoms with Gasteiger partial charge in [0, 0.05) is 32.2 Å². The van der Waals surface area contributed by atoms with E-state index in [9.17, 15) is 0 Å². The van der Waals surface area contributed by atoms with Gasteiger partial charge in [0.15, 0.2) is 0 Å². The van der Waals surface area contributed by atoms with E-state index in [1.807, 2.05) is 6.07 Å². The summed E-state index contributed by atoms with van der Waals surface area (Å²) in [5.41, 5.74) is 7.83. The Labute approximate surface area is 128 Å². The maximum absolute atomic E-state index is 5.67. The molecule has 0 saturated carbocycles. The van der Waals surface area contributed by atoms with Gasteiger partial charge in [0.2, 0.25) is 0 Å². The summed E-state index contributed by atoms with van der Waals surface area (Å²) in [5.74, 6) is 0. The van der Waals surface area contributed by atoms with Crippen molar-refractivity contribution in [2.75, 3.05) is 26.2 Å². The van der Waals surface area contributed by atoms with Gasteiger partial charge in [0.25, 0.3) is 0 Å². The number of pyridine rings is 1. The second-order valence-electron chi connectivity index (χ2n) is 6.43. The van der Waals surface area contributed by atoms with E-state index in [2.05, 4.69) is 26.9 Å². The molecule has 3 heterocycles. The van der Waals surface area contributed by atoms with Crippen LogP contribution in [0.1, 0.15) is 43.5 Å². The molecule has 4 heteroatoms. The van der Waals surface area contributed by atoms with Crippen LogP contribution in [0.3, 0.4) is 0 Å². The molecule has 3 rings (SSSR count). The fraction of sp³-hybridized carbons (Fsp3) is 0.706. The molecule has 0 spiro atoms. The molecule has 1 aromatic heterocycles. The molecule has 0 aromatic carbocycles. The van der Waals surface area contributed by atoms with Crippen molar-refractivity contribution in [1.82, 2.24) is 14.8 Å². The fourth-order valence-electron chi connectivity index (χ4n) is 3.69. The molecule has 2 fully saturated rings. The molecule has 0 unspecified atom stereocenters. The normalized spacial score (nSPS) is 22.5. The number of hydrogen-bond acceptors (Lipinski definition) is 4. The average molecular weight is 288 g/mol. The Morgan fingerprint density at radius 1 is 1.00 bits per heavy atom. The van der Waals surface area contributed by atoms with Gasteiger partial charge in [-0.15, -0.1) is 0 Å². The number of hydrogen-bond donors (Lipinski definition) is 1. The summed E-state index contributed by atoms with van der Waals surface area (Å²) in [4.78, 5) is 9.89. The minimum Gasteiger partial charge on any atom is -0.325 e. The first kappa shape index (κ1) is 14.9. The smallest absolute Gasteiger partial charge is 0.0547 e. The van der Waals surface area contributed by atoms with Crippen molar-refractivity contribution in [2.24, 2.45) is 5.73 Å². The van der Waals surface area contributed by atoms with Crippen LogP contribution in [0.4, 0.5) is 0 Å². The van der Waals surface area contributed by atoms with E-state index in [-0.39, 0.29) is 0 Å². The maximum Gasteiger partial charge on any atom is 0.0547 e. The van der Waals surface area contributed by atoms with Crippen LogP contribution in [-0.4, -0.2) is 47.0 Å². The molecule has 116 valence electrons. The standard InChI is InChI=1S/C17H28N4/c18-13-15-5-4-6-16(19-15)14-20-11-7-17(8-12-20)21-9-2-1-3-10-21/h4-6,17H,1-3,7-14,18H2. The Hall–Kier alpha value is -0.970. The van der Waals surface area contributed by atoms with Crippen molar-refractivity contribution < 1.29 is 0 Å². The zero-order chi connectivity index (χ0) is 14.5. The van der Waals surface area contributed by atoms with E-state index < -0.39 is 0 Å². The van der Waals surface area contributed by atoms with Crippen molar-refractivity contribution in [3.63, 3.8) is 0 Å². The number of nitrogens with two attached hydrogens (primary N) is 1. The Bertz CT molecular complexity index is 434. The summed E-state index contributed by atoms with van der Waals surface area (Å²) in [7, 11) is 0. The second-order valence-corrected chi connectivity index (χ2v) is 6.43. The molecule has 2 aliphatic heterocycles. The van der Waals surface area contributed by atoms with E-state index in [0.717, 1.165) is 24.0 Å². The Morgan fingerprint density at radius 2 is 1.71 bits per heavy atom. The highest BCUT2D eigenvalue weighted by Gasteiger charge is 2.25. The molecule has 0 aliphatic carbocycles. The quantitative estimate of drug-likeness (QED) is 0.920. The lowest BCUT2D eigenvalue weighted by Gasteiger charge is -2.40. The topological polar surface area (TPSA) is 45.4 Å². The number of piperidine rings is 2. The van der Waals surface area contributed by atoms with Gasteiger partial charge in [-0.1, -0.05) is 12.5 Å². The van der Waals surface area contributed by atoms with Crippen molar-refractivity contribution in [2.45, 2.75) is 51.2 Å². The largest absolute Gasteiger partial charge is 0.325 e. The minimum absolute atomic E-state index is 0.533. The number of aromatic nitrogens is 1. The van der Waals surface area contributed by atoms with Crippen LogP contribution < -0.4 is 5.73 Å². The van der Waals surface area contributed by atoms with Crippen LogP contribution in [0.2, 0.25) is 0 Å². The number of likely N-dealkylation sites (tertiary alicyclic amines) is 2. The molecular formula is C17H28N4. The van der Waals surface area contributed by atoms with Gasteiger partial charge in [-0.25, -0.2) is 0 Å². The predicted molar refractivity (Wildman–Crippen MR) is 85.9 cm³/mol. The number of nitrogens with zero attached hydrogens (tertiary/aromatic N) is 3. The average Bonchev–Trinajstić information content (AvgIpc) is 2.56. The molecule has 21 heavy (non-hydrogen) atoms. The van der Waals surface area contributed by atoms with E-state index in [1.165, 1.54) is 58.3 Å². The highest BCUT2D eigenvalue weighted by Crippen LogP contribution is 2.21. The molecule has 0 radical (unpaired) electrons. The van der Waals surface area contributed by atoms with Crippen molar-refractivity contribution in [1.29, 1.82) is 0 Å². The zero-order valence-corrected chi connectivity index (χ0v) is 13.0. The van der Waals surface area contributed by atoms with Crippen LogP contribution in [0.5, 0.6) is 0 Å². The first-order valence-corrected chi connectivity index (χ1v) is 8.46. The third-order valence-electron chi connectivity index (χ3n) is 4.92. The summed E-state index contributed by atoms with van der Waals surface area (Å²) in [6.07, 6.45) is 6.86. The van der Waals surface area contributed by atoms with Gasteiger partial charge in [-0.3, -0.25) is 9.88 Å². The van der Waals surface area contributed by atoms with Crippen LogP contribution in [-0.2, 0) is 13.1 Å². The second kappa shape index (κ2) is 7.34. The molecular weight excluding hydrogens is 260 g/mol. The third kappa shape index (κ3) is 4.02. The molecule has 0 atom stereocenters. The highest BCUT2D eigenvalue weighted by atomic mass is 15.2. The summed E-state index contributed by atoms with van der Waals surface area (Å²) in [6.45, 7) is 6.56. The highest BCUT2D eigenvalue weighted by molar-refractivity contribution is 5.11. The monoisotopic (exact) mass is 288 g/mol. The van der Waals surface area contributed by atoms with Crippen LogP contribution in [0.25, 0.3) is 0 Å². The summed E-state index contributed by atoms with van der Waals surface area (Å²) in [6, 6.07) is 7.03. The minimum atomic E-state index is 0.533. The van der Waals surface area contributed by atoms with Crippen LogP contribution in [0.15, 0.2) is 18.2 Å². The first-order chi connectivity index (χ1) is 10.3. The first-order valence-electron chi connectivity index (χ1n) is 8.46. The maximum atomic E-state index is 5.67. The predicted octanol–water partition coefficient (Wildman–Crippen LogP) is 1.99. The Morgan fingerprint density at radius 3 is 2.43 bits per heavy atom. The SMILES string of the molecule is NCc1cccc(CN2CCC(N3CCCCC3)CC2)n1. The molecule has 2 N–H and O–H groups in total. The van der Waals surface area contributed by atoms with Crippen molar-refractivity contribution in [3.05, 3.63) is 29.6 Å². The summed E-state index contributed by atoms with van der Waals surface area (Å²) in [5, 5.41) is 0. The lowest BCUT2D eigenvalue weighted by Crippen LogP contribution is -2.46. The summed E-state index contributed by atoms with van der Waals surface area (Å²) < 4.78 is 0. The van der Waals surface area contributed by atoms with Crippen molar-refractivity contribution in [3.8, 4) is 0 Å². The third-order valence-corrected chi connectivity index (χ3v) is 4.92. The zero-order valence-electron chi connectivity index (χ0n) is 13.0. The van der Waals surface area contributed by atoms with Crippen LogP contribution >= 0.6 is 0 Å². The molecule has 4 nitrogen and oxygen atoms in total. The van der Waals surface area contributed by atoms with Gasteiger partial charge < -0.3 is 10.6 Å². The number of rotatable bonds is 4. The summed E-state index contributed by atoms with van der Waals surface area (Å²) >= 11 is 0. The molecule has 2 saturated heterocycles. The molecule has 1 aromatic rings. The van der Waals surface area contributed by atoms with Crippen LogP contribution in [0, 0.1) is 0 Å². The van der Waals surface area contributed by atoms with Gasteiger partial charge in [0.05, 0.1) is 11.4 Å². The molecule has 0 amide bonds. The Kier molecular flexibility index (Phi) is 5.22. The van der Waals surface area contributed by atoms with Crippen molar-refractivity contribution >= 4 is 0 Å². The van der Waals surface area contributed by atoms with Gasteiger partial charge in [-0.05, 0) is 50.9 Å². The molecule has 2 aliphatic rings. The Balaban J connectivity index is 1.48. The van der Waals surface area contributed by atoms with Gasteiger partial charge >= 0.3 is 0 Å². The van der Waals surface area contributed by atoms with E-state index in [1.54, 1.807) is 0 Å².